The highest BCUT2D eigenvalue weighted by Crippen LogP contribution is 2.19. The lowest BCUT2D eigenvalue weighted by molar-refractivity contribution is 0.0322. The van der Waals surface area contributed by atoms with Crippen LogP contribution in [0.1, 0.15) is 11.1 Å². The van der Waals surface area contributed by atoms with Gasteiger partial charge >= 0.3 is 0 Å². The van der Waals surface area contributed by atoms with Crippen molar-refractivity contribution in [3.8, 4) is 11.8 Å². The van der Waals surface area contributed by atoms with Crippen LogP contribution in [0.5, 0.6) is 5.75 Å². The summed E-state index contributed by atoms with van der Waals surface area (Å²) < 4.78 is 11.0. The molecule has 0 bridgehead atoms. The Morgan fingerprint density at radius 3 is 2.89 bits per heavy atom. The van der Waals surface area contributed by atoms with Crippen LogP contribution >= 0.6 is 0 Å². The van der Waals surface area contributed by atoms with E-state index in [1.165, 1.54) is 0 Å². The van der Waals surface area contributed by atoms with E-state index >= 15 is 0 Å². The summed E-state index contributed by atoms with van der Waals surface area (Å²) in [6.07, 6.45) is 0. The highest BCUT2D eigenvalue weighted by Gasteiger charge is 2.10. The molecule has 96 valence electrons. The van der Waals surface area contributed by atoms with Crippen molar-refractivity contribution in [2.24, 2.45) is 0 Å². The zero-order chi connectivity index (χ0) is 12.8. The van der Waals surface area contributed by atoms with Gasteiger partial charge in [-0.05, 0) is 24.6 Å². The molecule has 1 saturated heterocycles. The average Bonchev–Trinajstić information content (AvgIpc) is 2.42. The van der Waals surface area contributed by atoms with E-state index in [4.69, 9.17) is 14.7 Å². The van der Waals surface area contributed by atoms with Crippen molar-refractivity contribution in [2.45, 2.75) is 6.92 Å². The predicted molar refractivity (Wildman–Crippen MR) is 68.6 cm³/mol. The monoisotopic (exact) mass is 246 g/mol. The fourth-order valence-electron chi connectivity index (χ4n) is 1.93. The number of morpholine rings is 1. The van der Waals surface area contributed by atoms with Gasteiger partial charge in [-0.2, -0.15) is 5.26 Å². The molecule has 1 aliphatic heterocycles. The number of nitrogens with zero attached hydrogens (tertiary/aromatic N) is 2. The molecule has 0 radical (unpaired) electrons. The summed E-state index contributed by atoms with van der Waals surface area (Å²) in [4.78, 5) is 2.33. The van der Waals surface area contributed by atoms with E-state index in [1.807, 2.05) is 19.1 Å². The minimum Gasteiger partial charge on any atom is -0.492 e. The third-order valence-corrected chi connectivity index (χ3v) is 3.09. The highest BCUT2D eigenvalue weighted by molar-refractivity contribution is 5.41. The molecule has 0 unspecified atom stereocenters. The summed E-state index contributed by atoms with van der Waals surface area (Å²) in [5.41, 5.74) is 1.71. The van der Waals surface area contributed by atoms with Gasteiger partial charge < -0.3 is 9.47 Å². The largest absolute Gasteiger partial charge is 0.492 e. The summed E-state index contributed by atoms with van der Waals surface area (Å²) in [5.74, 6) is 0.808. The predicted octanol–water partition coefficient (Wildman–Crippen LogP) is 1.58. The standard InChI is InChI=1S/C14H18N2O2/c1-12-2-3-13(11-15)10-14(12)18-9-6-16-4-7-17-8-5-16/h2-3,10H,4-9H2,1H3. The van der Waals surface area contributed by atoms with Crippen LogP contribution in [-0.2, 0) is 4.74 Å². The Hall–Kier alpha value is -1.57. The van der Waals surface area contributed by atoms with Gasteiger partial charge in [0.05, 0.1) is 24.8 Å². The van der Waals surface area contributed by atoms with Gasteiger partial charge in [0.1, 0.15) is 12.4 Å². The molecular weight excluding hydrogens is 228 g/mol. The van der Waals surface area contributed by atoms with Crippen LogP contribution in [0.3, 0.4) is 0 Å². The first-order valence-electron chi connectivity index (χ1n) is 6.23. The minimum atomic E-state index is 0.641. The van der Waals surface area contributed by atoms with Crippen LogP contribution in [0.25, 0.3) is 0 Å². The molecule has 1 aromatic rings. The normalized spacial score (nSPS) is 16.2. The molecule has 2 rings (SSSR count). The second-order valence-corrected chi connectivity index (χ2v) is 4.39. The maximum Gasteiger partial charge on any atom is 0.123 e. The molecule has 0 spiro atoms. The molecule has 4 nitrogen and oxygen atoms in total. The molecule has 0 saturated carbocycles. The number of hydrogen-bond acceptors (Lipinski definition) is 4. The lowest BCUT2D eigenvalue weighted by Gasteiger charge is -2.26. The number of rotatable bonds is 4. The van der Waals surface area contributed by atoms with E-state index in [2.05, 4.69) is 11.0 Å². The maximum absolute atomic E-state index is 8.85. The summed E-state index contributed by atoms with van der Waals surface area (Å²) in [6, 6.07) is 7.66. The van der Waals surface area contributed by atoms with Gasteiger partial charge in [0.15, 0.2) is 0 Å². The van der Waals surface area contributed by atoms with E-state index in [-0.39, 0.29) is 0 Å². The van der Waals surface area contributed by atoms with E-state index in [1.54, 1.807) is 6.07 Å². The molecule has 4 heteroatoms. The molecule has 0 aromatic heterocycles. The number of benzene rings is 1. The molecule has 0 atom stereocenters. The summed E-state index contributed by atoms with van der Waals surface area (Å²) in [6.45, 7) is 7.10. The van der Waals surface area contributed by atoms with Gasteiger partial charge in [0.25, 0.3) is 0 Å². The molecule has 1 heterocycles. The second-order valence-electron chi connectivity index (χ2n) is 4.39. The quantitative estimate of drug-likeness (QED) is 0.809. The van der Waals surface area contributed by atoms with Crippen LogP contribution < -0.4 is 4.74 Å². The van der Waals surface area contributed by atoms with Crippen molar-refractivity contribution in [3.63, 3.8) is 0 Å². The van der Waals surface area contributed by atoms with Crippen molar-refractivity contribution >= 4 is 0 Å². The molecule has 1 aliphatic rings. The number of ether oxygens (including phenoxy) is 2. The molecule has 1 fully saturated rings. The van der Waals surface area contributed by atoms with E-state index < -0.39 is 0 Å². The Labute approximate surface area is 108 Å². The van der Waals surface area contributed by atoms with Crippen molar-refractivity contribution in [1.29, 1.82) is 5.26 Å². The van der Waals surface area contributed by atoms with Crippen LogP contribution in [0.15, 0.2) is 18.2 Å². The van der Waals surface area contributed by atoms with E-state index in [0.717, 1.165) is 44.2 Å². The first-order valence-corrected chi connectivity index (χ1v) is 6.23. The van der Waals surface area contributed by atoms with Crippen LogP contribution in [-0.4, -0.2) is 44.4 Å². The smallest absolute Gasteiger partial charge is 0.123 e. The first kappa shape index (κ1) is 12.9. The third-order valence-electron chi connectivity index (χ3n) is 3.09. The Bertz CT molecular complexity index is 434. The van der Waals surface area contributed by atoms with Crippen LogP contribution in [0, 0.1) is 18.3 Å². The highest BCUT2D eigenvalue weighted by atomic mass is 16.5. The topological polar surface area (TPSA) is 45.5 Å². The van der Waals surface area contributed by atoms with Crippen molar-refractivity contribution < 1.29 is 9.47 Å². The van der Waals surface area contributed by atoms with E-state index in [9.17, 15) is 0 Å². The van der Waals surface area contributed by atoms with Gasteiger partial charge in [-0.1, -0.05) is 6.07 Å². The van der Waals surface area contributed by atoms with Crippen molar-refractivity contribution in [1.82, 2.24) is 4.90 Å². The zero-order valence-corrected chi connectivity index (χ0v) is 10.7. The Morgan fingerprint density at radius 1 is 1.39 bits per heavy atom. The number of aryl methyl sites for hydroxylation is 1. The Kier molecular flexibility index (Phi) is 4.57. The fraction of sp³-hybridized carbons (Fsp3) is 0.500. The van der Waals surface area contributed by atoms with Crippen molar-refractivity contribution in [3.05, 3.63) is 29.3 Å². The van der Waals surface area contributed by atoms with Crippen molar-refractivity contribution in [2.75, 3.05) is 39.5 Å². The van der Waals surface area contributed by atoms with Gasteiger partial charge in [-0.3, -0.25) is 4.90 Å². The van der Waals surface area contributed by atoms with E-state index in [0.29, 0.717) is 12.2 Å². The van der Waals surface area contributed by atoms with Gasteiger partial charge in [0.2, 0.25) is 0 Å². The van der Waals surface area contributed by atoms with Crippen LogP contribution in [0.4, 0.5) is 0 Å². The fourth-order valence-corrected chi connectivity index (χ4v) is 1.93. The first-order chi connectivity index (χ1) is 8.79. The molecule has 0 N–H and O–H groups in total. The van der Waals surface area contributed by atoms with Crippen LogP contribution in [0.2, 0.25) is 0 Å². The lowest BCUT2D eigenvalue weighted by atomic mass is 10.1. The average molecular weight is 246 g/mol. The molecule has 18 heavy (non-hydrogen) atoms. The van der Waals surface area contributed by atoms with Gasteiger partial charge in [-0.25, -0.2) is 0 Å². The number of hydrogen-bond donors (Lipinski definition) is 0. The second kappa shape index (κ2) is 6.39. The van der Waals surface area contributed by atoms with Gasteiger partial charge in [-0.15, -0.1) is 0 Å². The third kappa shape index (κ3) is 3.46. The summed E-state index contributed by atoms with van der Waals surface area (Å²) >= 11 is 0. The SMILES string of the molecule is Cc1ccc(C#N)cc1OCCN1CCOCC1. The zero-order valence-electron chi connectivity index (χ0n) is 10.7. The molecular formula is C14H18N2O2. The molecule has 0 aliphatic carbocycles. The maximum atomic E-state index is 8.85. The Balaban J connectivity index is 1.84. The molecule has 0 amide bonds. The minimum absolute atomic E-state index is 0.641. The van der Waals surface area contributed by atoms with Gasteiger partial charge in [0, 0.05) is 19.6 Å². The lowest BCUT2D eigenvalue weighted by Crippen LogP contribution is -2.38. The number of nitriles is 1. The summed E-state index contributed by atoms with van der Waals surface area (Å²) in [7, 11) is 0. The summed E-state index contributed by atoms with van der Waals surface area (Å²) in [5, 5.41) is 8.85. The Morgan fingerprint density at radius 2 is 2.17 bits per heavy atom. The molecule has 1 aromatic carbocycles.